The van der Waals surface area contributed by atoms with E-state index in [1.54, 1.807) is 6.07 Å². The van der Waals surface area contributed by atoms with E-state index in [1.807, 2.05) is 73.7 Å². The van der Waals surface area contributed by atoms with E-state index in [9.17, 15) is 8.42 Å². The Bertz CT molecular complexity index is 1530. The van der Waals surface area contributed by atoms with Gasteiger partial charge in [-0.25, -0.2) is 8.42 Å². The number of rotatable bonds is 11. The summed E-state index contributed by atoms with van der Waals surface area (Å²) >= 11 is 0. The maximum Gasteiger partial charge on any atom is 0.229 e. The molecule has 0 spiro atoms. The van der Waals surface area contributed by atoms with E-state index in [1.165, 1.54) is 31.1 Å². The Labute approximate surface area is 244 Å². The number of hydrogen-bond donors (Lipinski definition) is 1. The van der Waals surface area contributed by atoms with Gasteiger partial charge in [-0.05, 0) is 85.7 Å². The van der Waals surface area contributed by atoms with Crippen LogP contribution in [0.4, 0.5) is 11.4 Å². The van der Waals surface area contributed by atoms with Gasteiger partial charge in [-0.3, -0.25) is 4.72 Å². The number of sulfonamides is 1. The van der Waals surface area contributed by atoms with Crippen LogP contribution in [0.2, 0.25) is 0 Å². The Balaban J connectivity index is 1.32. The van der Waals surface area contributed by atoms with E-state index in [4.69, 9.17) is 9.47 Å². The van der Waals surface area contributed by atoms with Crippen molar-refractivity contribution in [1.82, 2.24) is 0 Å². The smallest absolute Gasteiger partial charge is 0.229 e. The first-order chi connectivity index (χ1) is 19.8. The summed E-state index contributed by atoms with van der Waals surface area (Å²) in [6.45, 7) is 3.27. The Hall–Kier alpha value is -3.97. The molecule has 0 aliphatic heterocycles. The number of nitrogens with one attached hydrogen (secondary N) is 1. The summed E-state index contributed by atoms with van der Waals surface area (Å²) in [7, 11) is -3.39. The van der Waals surface area contributed by atoms with Crippen LogP contribution in [0.1, 0.15) is 48.8 Å². The number of ether oxygens (including phenoxy) is 2. The third kappa shape index (κ3) is 8.27. The van der Waals surface area contributed by atoms with E-state index in [-0.39, 0.29) is 0 Å². The fraction of sp³-hybridized carbons (Fsp3) is 0.294. The molecule has 0 radical (unpaired) electrons. The minimum Gasteiger partial charge on any atom is -0.490 e. The van der Waals surface area contributed by atoms with E-state index >= 15 is 0 Å². The van der Waals surface area contributed by atoms with Crippen molar-refractivity contribution >= 4 is 21.4 Å². The van der Waals surface area contributed by atoms with Crippen LogP contribution in [0.3, 0.4) is 0 Å². The molecule has 0 atom stereocenters. The molecule has 6 nitrogen and oxygen atoms in total. The highest BCUT2D eigenvalue weighted by Crippen LogP contribution is 2.32. The summed E-state index contributed by atoms with van der Waals surface area (Å²) in [5, 5.41) is 0. The lowest BCUT2D eigenvalue weighted by Gasteiger charge is -2.28. The monoisotopic (exact) mass is 570 g/mol. The van der Waals surface area contributed by atoms with Gasteiger partial charge in [0.05, 0.1) is 18.0 Å². The van der Waals surface area contributed by atoms with Crippen molar-refractivity contribution in [1.29, 1.82) is 0 Å². The molecular formula is C34H38N2O4S. The predicted octanol–water partition coefficient (Wildman–Crippen LogP) is 8.08. The Morgan fingerprint density at radius 3 is 2.12 bits per heavy atom. The minimum atomic E-state index is -3.39. The molecule has 1 fully saturated rings. The SMILES string of the molecule is Cc1c(NS(C)(=O)=O)cccc1N(Cc1ccccc1)Cc1ccc(Oc2cccc(OC3CCCCC3)c2)cc1. The lowest BCUT2D eigenvalue weighted by Crippen LogP contribution is -2.23. The van der Waals surface area contributed by atoms with Gasteiger partial charge in [0, 0.05) is 24.8 Å². The van der Waals surface area contributed by atoms with Crippen molar-refractivity contribution in [2.45, 2.75) is 58.2 Å². The maximum atomic E-state index is 11.9. The fourth-order valence-corrected chi connectivity index (χ4v) is 5.93. The van der Waals surface area contributed by atoms with Crippen molar-refractivity contribution in [2.75, 3.05) is 15.9 Å². The molecule has 7 heteroatoms. The molecule has 41 heavy (non-hydrogen) atoms. The lowest BCUT2D eigenvalue weighted by atomic mass is 9.98. The first kappa shape index (κ1) is 28.6. The van der Waals surface area contributed by atoms with Crippen LogP contribution < -0.4 is 19.1 Å². The van der Waals surface area contributed by atoms with Gasteiger partial charge in [0.1, 0.15) is 17.2 Å². The first-order valence-electron chi connectivity index (χ1n) is 14.2. The van der Waals surface area contributed by atoms with Crippen LogP contribution in [0.25, 0.3) is 0 Å². The summed E-state index contributed by atoms with van der Waals surface area (Å²) in [4.78, 5) is 2.26. The van der Waals surface area contributed by atoms with Gasteiger partial charge in [-0.15, -0.1) is 0 Å². The van der Waals surface area contributed by atoms with Crippen LogP contribution in [0.15, 0.2) is 97.1 Å². The van der Waals surface area contributed by atoms with E-state index < -0.39 is 10.0 Å². The molecule has 4 aromatic rings. The summed E-state index contributed by atoms with van der Waals surface area (Å²) in [6, 6.07) is 32.0. The molecule has 1 aliphatic rings. The quantitative estimate of drug-likeness (QED) is 0.197. The topological polar surface area (TPSA) is 67.9 Å². The zero-order chi connectivity index (χ0) is 28.7. The number of hydrogen-bond acceptors (Lipinski definition) is 5. The third-order valence-electron chi connectivity index (χ3n) is 7.35. The standard InChI is InChI=1S/C34H38N2O4S/c1-26-33(35-41(2,37)38)17-10-18-34(26)36(24-27-11-5-3-6-12-27)25-28-19-21-30(22-20-28)40-32-16-9-15-31(23-32)39-29-13-7-4-8-14-29/h3,5-6,9-12,15-23,29,35H,4,7-8,13-14,24-25H2,1-2H3. The zero-order valence-corrected chi connectivity index (χ0v) is 24.6. The molecule has 0 saturated heterocycles. The van der Waals surface area contributed by atoms with Crippen molar-refractivity contribution in [3.8, 4) is 17.2 Å². The van der Waals surface area contributed by atoms with Gasteiger partial charge in [0.2, 0.25) is 10.0 Å². The summed E-state index contributed by atoms with van der Waals surface area (Å²) in [5.41, 5.74) is 4.72. The van der Waals surface area contributed by atoms with Crippen molar-refractivity contribution in [3.63, 3.8) is 0 Å². The van der Waals surface area contributed by atoms with E-state index in [2.05, 4.69) is 33.9 Å². The van der Waals surface area contributed by atoms with Gasteiger partial charge < -0.3 is 14.4 Å². The van der Waals surface area contributed by atoms with Gasteiger partial charge in [0.15, 0.2) is 0 Å². The molecular weight excluding hydrogens is 532 g/mol. The van der Waals surface area contributed by atoms with Crippen LogP contribution in [-0.2, 0) is 23.1 Å². The molecule has 0 heterocycles. The molecule has 1 N–H and O–H groups in total. The summed E-state index contributed by atoms with van der Waals surface area (Å²) in [6.07, 6.45) is 7.47. The average Bonchev–Trinajstić information content (AvgIpc) is 2.96. The second-order valence-corrected chi connectivity index (χ2v) is 12.5. The Kier molecular flexibility index (Phi) is 9.14. The van der Waals surface area contributed by atoms with Crippen LogP contribution in [0.5, 0.6) is 17.2 Å². The van der Waals surface area contributed by atoms with E-state index in [0.29, 0.717) is 24.9 Å². The van der Waals surface area contributed by atoms with Gasteiger partial charge in [0.25, 0.3) is 0 Å². The Morgan fingerprint density at radius 1 is 0.756 bits per heavy atom. The summed E-state index contributed by atoms with van der Waals surface area (Å²) < 4.78 is 38.9. The lowest BCUT2D eigenvalue weighted by molar-refractivity contribution is 0.154. The average molecular weight is 571 g/mol. The summed E-state index contributed by atoms with van der Waals surface area (Å²) in [5.74, 6) is 2.36. The molecule has 0 unspecified atom stereocenters. The third-order valence-corrected chi connectivity index (χ3v) is 7.94. The molecule has 5 rings (SSSR count). The second-order valence-electron chi connectivity index (χ2n) is 10.8. The molecule has 0 aromatic heterocycles. The highest BCUT2D eigenvalue weighted by molar-refractivity contribution is 7.92. The molecule has 4 aromatic carbocycles. The highest BCUT2D eigenvalue weighted by Gasteiger charge is 2.16. The van der Waals surface area contributed by atoms with Crippen molar-refractivity contribution < 1.29 is 17.9 Å². The normalized spacial score (nSPS) is 13.9. The molecule has 1 aliphatic carbocycles. The van der Waals surface area contributed by atoms with Crippen LogP contribution in [-0.4, -0.2) is 20.8 Å². The fourth-order valence-electron chi connectivity index (χ4n) is 5.31. The molecule has 1 saturated carbocycles. The number of nitrogens with zero attached hydrogens (tertiary/aromatic N) is 1. The van der Waals surface area contributed by atoms with Gasteiger partial charge in [-0.1, -0.05) is 61.0 Å². The van der Waals surface area contributed by atoms with Gasteiger partial charge >= 0.3 is 0 Å². The highest BCUT2D eigenvalue weighted by atomic mass is 32.2. The second kappa shape index (κ2) is 13.1. The van der Waals surface area contributed by atoms with Crippen molar-refractivity contribution in [2.24, 2.45) is 0 Å². The number of benzene rings is 4. The van der Waals surface area contributed by atoms with Crippen molar-refractivity contribution in [3.05, 3.63) is 114 Å². The molecule has 214 valence electrons. The molecule has 0 bridgehead atoms. The van der Waals surface area contributed by atoms with Crippen LogP contribution in [0, 0.1) is 6.92 Å². The Morgan fingerprint density at radius 2 is 1.41 bits per heavy atom. The first-order valence-corrected chi connectivity index (χ1v) is 16.1. The maximum absolute atomic E-state index is 11.9. The van der Waals surface area contributed by atoms with E-state index in [0.717, 1.165) is 46.9 Å². The predicted molar refractivity (Wildman–Crippen MR) is 166 cm³/mol. The number of anilines is 2. The molecule has 0 amide bonds. The van der Waals surface area contributed by atoms with Gasteiger partial charge in [-0.2, -0.15) is 0 Å². The zero-order valence-electron chi connectivity index (χ0n) is 23.8. The largest absolute Gasteiger partial charge is 0.490 e. The minimum absolute atomic E-state index is 0.295. The van der Waals surface area contributed by atoms with Crippen LogP contribution >= 0.6 is 0 Å².